The summed E-state index contributed by atoms with van der Waals surface area (Å²) in [4.78, 5) is 27.4. The van der Waals surface area contributed by atoms with Crippen LogP contribution in [0, 0.1) is 18.3 Å². The maximum absolute atomic E-state index is 12.0. The van der Waals surface area contributed by atoms with Crippen LogP contribution in [-0.2, 0) is 9.59 Å². The van der Waals surface area contributed by atoms with E-state index in [1.54, 1.807) is 40.8 Å². The van der Waals surface area contributed by atoms with Crippen LogP contribution >= 0.6 is 0 Å². The molecular weight excluding hydrogens is 260 g/mol. The molecule has 0 fully saturated rings. The van der Waals surface area contributed by atoms with Crippen molar-refractivity contribution in [2.45, 2.75) is 47.1 Å². The standard InChI is InChI=1S/C14H22N2O4/c1-8(2)14(5,13(18)19)6-11(17)16-10(4)12-15-7-9(3)20-12/h7-8,10H,6H2,1-5H3,(H,16,17)(H,18,19). The van der Waals surface area contributed by atoms with Crippen LogP contribution in [0.5, 0.6) is 0 Å². The van der Waals surface area contributed by atoms with E-state index >= 15 is 0 Å². The van der Waals surface area contributed by atoms with E-state index in [1.807, 2.05) is 0 Å². The van der Waals surface area contributed by atoms with Crippen molar-refractivity contribution in [3.63, 3.8) is 0 Å². The minimum Gasteiger partial charge on any atom is -0.481 e. The summed E-state index contributed by atoms with van der Waals surface area (Å²) in [5, 5.41) is 12.0. The lowest BCUT2D eigenvalue weighted by Crippen LogP contribution is -2.39. The number of amides is 1. The Morgan fingerprint density at radius 2 is 2.05 bits per heavy atom. The molecule has 0 radical (unpaired) electrons. The van der Waals surface area contributed by atoms with E-state index in [9.17, 15) is 14.7 Å². The zero-order valence-electron chi connectivity index (χ0n) is 12.6. The Labute approximate surface area is 118 Å². The first-order valence-corrected chi connectivity index (χ1v) is 6.62. The van der Waals surface area contributed by atoms with Crippen molar-refractivity contribution in [3.8, 4) is 0 Å². The summed E-state index contributed by atoms with van der Waals surface area (Å²) in [5.74, 6) is -0.365. The van der Waals surface area contributed by atoms with Crippen LogP contribution in [0.25, 0.3) is 0 Å². The zero-order valence-corrected chi connectivity index (χ0v) is 12.6. The number of oxazole rings is 1. The number of carbonyl (C=O) groups excluding carboxylic acids is 1. The molecule has 0 aliphatic carbocycles. The molecule has 6 heteroatoms. The third-order valence-electron chi connectivity index (χ3n) is 3.68. The van der Waals surface area contributed by atoms with Gasteiger partial charge < -0.3 is 14.8 Å². The van der Waals surface area contributed by atoms with Gasteiger partial charge in [0.05, 0.1) is 11.6 Å². The van der Waals surface area contributed by atoms with E-state index in [4.69, 9.17) is 4.42 Å². The van der Waals surface area contributed by atoms with Gasteiger partial charge in [-0.05, 0) is 26.7 Å². The predicted molar refractivity (Wildman–Crippen MR) is 73.0 cm³/mol. The van der Waals surface area contributed by atoms with E-state index in [2.05, 4.69) is 10.3 Å². The van der Waals surface area contributed by atoms with E-state index in [1.165, 1.54) is 0 Å². The van der Waals surface area contributed by atoms with Gasteiger partial charge >= 0.3 is 5.97 Å². The molecule has 1 heterocycles. The molecule has 0 spiro atoms. The molecule has 2 unspecified atom stereocenters. The predicted octanol–water partition coefficient (Wildman–Crippen LogP) is 2.30. The normalized spacial score (nSPS) is 15.7. The van der Waals surface area contributed by atoms with Gasteiger partial charge in [0.2, 0.25) is 11.8 Å². The van der Waals surface area contributed by atoms with Crippen LogP contribution < -0.4 is 5.32 Å². The van der Waals surface area contributed by atoms with Gasteiger partial charge in [-0.25, -0.2) is 4.98 Å². The van der Waals surface area contributed by atoms with E-state index in [0.717, 1.165) is 0 Å². The summed E-state index contributed by atoms with van der Waals surface area (Å²) in [6.07, 6.45) is 1.50. The fourth-order valence-electron chi connectivity index (χ4n) is 1.79. The molecule has 0 aromatic carbocycles. The minimum atomic E-state index is -1.09. The van der Waals surface area contributed by atoms with Crippen molar-refractivity contribution < 1.29 is 19.1 Å². The highest BCUT2D eigenvalue weighted by Gasteiger charge is 2.39. The van der Waals surface area contributed by atoms with Crippen molar-refractivity contribution in [1.29, 1.82) is 0 Å². The molecule has 112 valence electrons. The Bertz CT molecular complexity index is 495. The summed E-state index contributed by atoms with van der Waals surface area (Å²) in [5.41, 5.74) is -1.09. The van der Waals surface area contributed by atoms with Crippen molar-refractivity contribution in [2.24, 2.45) is 11.3 Å². The number of aromatic nitrogens is 1. The van der Waals surface area contributed by atoms with Gasteiger partial charge in [0.1, 0.15) is 11.8 Å². The number of hydrogen-bond donors (Lipinski definition) is 2. The van der Waals surface area contributed by atoms with Crippen LogP contribution in [0.3, 0.4) is 0 Å². The molecule has 2 atom stereocenters. The third kappa shape index (κ3) is 3.59. The first-order valence-electron chi connectivity index (χ1n) is 6.62. The third-order valence-corrected chi connectivity index (χ3v) is 3.68. The SMILES string of the molecule is Cc1cnc(C(C)NC(=O)CC(C)(C(=O)O)C(C)C)o1. The van der Waals surface area contributed by atoms with Crippen LogP contribution in [0.2, 0.25) is 0 Å². The van der Waals surface area contributed by atoms with Gasteiger partial charge in [0.25, 0.3) is 0 Å². The lowest BCUT2D eigenvalue weighted by atomic mass is 9.76. The second-order valence-electron chi connectivity index (χ2n) is 5.65. The first-order chi connectivity index (χ1) is 9.16. The van der Waals surface area contributed by atoms with Gasteiger partial charge in [-0.1, -0.05) is 13.8 Å². The van der Waals surface area contributed by atoms with Crippen LogP contribution in [0.1, 0.15) is 51.8 Å². The first kappa shape index (κ1) is 16.2. The maximum atomic E-state index is 12.0. The highest BCUT2D eigenvalue weighted by molar-refractivity contribution is 5.85. The fraction of sp³-hybridized carbons (Fsp3) is 0.643. The summed E-state index contributed by atoms with van der Waals surface area (Å²) in [7, 11) is 0. The van der Waals surface area contributed by atoms with Crippen molar-refractivity contribution in [3.05, 3.63) is 17.8 Å². The molecule has 0 aliphatic heterocycles. The maximum Gasteiger partial charge on any atom is 0.310 e. The molecule has 20 heavy (non-hydrogen) atoms. The molecule has 0 aliphatic rings. The Balaban J connectivity index is 2.69. The fourth-order valence-corrected chi connectivity index (χ4v) is 1.79. The number of carbonyl (C=O) groups is 2. The van der Waals surface area contributed by atoms with Crippen molar-refractivity contribution in [1.82, 2.24) is 10.3 Å². The second kappa shape index (κ2) is 6.07. The number of carboxylic acids is 1. The summed E-state index contributed by atoms with van der Waals surface area (Å²) in [6.45, 7) is 8.69. The van der Waals surface area contributed by atoms with Gasteiger partial charge in [0.15, 0.2) is 0 Å². The number of hydrogen-bond acceptors (Lipinski definition) is 4. The van der Waals surface area contributed by atoms with Gasteiger partial charge in [-0.2, -0.15) is 0 Å². The average Bonchev–Trinajstić information content (AvgIpc) is 2.75. The number of rotatable bonds is 6. The number of aliphatic carboxylic acids is 1. The van der Waals surface area contributed by atoms with Crippen molar-refractivity contribution in [2.75, 3.05) is 0 Å². The average molecular weight is 282 g/mol. The van der Waals surface area contributed by atoms with Gasteiger partial charge in [0, 0.05) is 6.42 Å². The van der Waals surface area contributed by atoms with Crippen LogP contribution in [0.4, 0.5) is 0 Å². The lowest BCUT2D eigenvalue weighted by Gasteiger charge is -2.28. The highest BCUT2D eigenvalue weighted by atomic mass is 16.4. The summed E-state index contributed by atoms with van der Waals surface area (Å²) >= 11 is 0. The van der Waals surface area contributed by atoms with E-state index < -0.39 is 11.4 Å². The Morgan fingerprint density at radius 3 is 2.45 bits per heavy atom. The minimum absolute atomic E-state index is 0.0793. The number of carboxylic acid groups (broad SMARTS) is 1. The summed E-state index contributed by atoms with van der Waals surface area (Å²) in [6, 6.07) is -0.388. The molecule has 2 N–H and O–H groups in total. The monoisotopic (exact) mass is 282 g/mol. The molecular formula is C14H22N2O4. The molecule has 0 saturated heterocycles. The Kier molecular flexibility index (Phi) is 4.92. The lowest BCUT2D eigenvalue weighted by molar-refractivity contribution is -0.153. The quantitative estimate of drug-likeness (QED) is 0.835. The topological polar surface area (TPSA) is 92.4 Å². The molecule has 6 nitrogen and oxygen atoms in total. The van der Waals surface area contributed by atoms with Crippen LogP contribution in [-0.4, -0.2) is 22.0 Å². The number of nitrogens with one attached hydrogen (secondary N) is 1. The molecule has 1 rings (SSSR count). The molecule has 1 amide bonds. The summed E-state index contributed by atoms with van der Waals surface area (Å²) < 4.78 is 5.33. The smallest absolute Gasteiger partial charge is 0.310 e. The van der Waals surface area contributed by atoms with Gasteiger partial charge in [-0.15, -0.1) is 0 Å². The van der Waals surface area contributed by atoms with Crippen molar-refractivity contribution >= 4 is 11.9 Å². The molecule has 1 aromatic heterocycles. The molecule has 0 bridgehead atoms. The number of nitrogens with zero attached hydrogens (tertiary/aromatic N) is 1. The van der Waals surface area contributed by atoms with Crippen LogP contribution in [0.15, 0.2) is 10.6 Å². The number of aryl methyl sites for hydroxylation is 1. The van der Waals surface area contributed by atoms with E-state index in [-0.39, 0.29) is 24.3 Å². The Morgan fingerprint density at radius 1 is 1.45 bits per heavy atom. The second-order valence-corrected chi connectivity index (χ2v) is 5.65. The van der Waals surface area contributed by atoms with Gasteiger partial charge in [-0.3, -0.25) is 9.59 Å². The highest BCUT2D eigenvalue weighted by Crippen LogP contribution is 2.31. The molecule has 0 saturated carbocycles. The Hall–Kier alpha value is -1.85. The van der Waals surface area contributed by atoms with E-state index in [0.29, 0.717) is 11.7 Å². The molecule has 1 aromatic rings. The zero-order chi connectivity index (χ0) is 15.5. The largest absolute Gasteiger partial charge is 0.481 e.